The molecule has 0 radical (unpaired) electrons. The lowest BCUT2D eigenvalue weighted by molar-refractivity contribution is 1.43. The minimum absolute atomic E-state index is 1.04. The predicted octanol–water partition coefficient (Wildman–Crippen LogP) is 16.0. The van der Waals surface area contributed by atoms with Gasteiger partial charge in [-0.05, 0) is 108 Å². The van der Waals surface area contributed by atoms with Crippen LogP contribution in [0.25, 0.3) is 92.8 Å². The van der Waals surface area contributed by atoms with Crippen LogP contribution in [0.4, 0.5) is 0 Å². The summed E-state index contributed by atoms with van der Waals surface area (Å²) in [4.78, 5) is 2.48. The molecule has 2 heterocycles. The minimum atomic E-state index is 1.04. The van der Waals surface area contributed by atoms with E-state index in [0.29, 0.717) is 0 Å². The van der Waals surface area contributed by atoms with Crippen LogP contribution in [0.15, 0.2) is 170 Å². The van der Waals surface area contributed by atoms with Crippen LogP contribution < -0.4 is 0 Å². The molecule has 7 aromatic carbocycles. The van der Waals surface area contributed by atoms with E-state index in [0.717, 1.165) is 5.57 Å². The third-order valence-corrected chi connectivity index (χ3v) is 12.7. The first-order chi connectivity index (χ1) is 26.6. The highest BCUT2D eigenvalue weighted by Gasteiger charge is 2.25. The monoisotopic (exact) mass is 726 g/mol. The van der Waals surface area contributed by atoms with Gasteiger partial charge in [-0.2, -0.15) is 0 Å². The van der Waals surface area contributed by atoms with Gasteiger partial charge in [-0.3, -0.25) is 0 Å². The first kappa shape index (κ1) is 33.8. The van der Waals surface area contributed by atoms with Gasteiger partial charge in [0.2, 0.25) is 0 Å². The Morgan fingerprint density at radius 1 is 0.593 bits per heavy atom. The molecule has 54 heavy (non-hydrogen) atoms. The Balaban J connectivity index is 1.34. The highest BCUT2D eigenvalue weighted by atomic mass is 32.1. The Labute approximate surface area is 325 Å². The normalized spacial score (nSPS) is 11.9. The number of fused-ring (bicyclic) bond motifs is 4. The van der Waals surface area contributed by atoms with E-state index in [9.17, 15) is 0 Å². The molecule has 0 aliphatic heterocycles. The quantitative estimate of drug-likeness (QED) is 0.108. The topological polar surface area (TPSA) is 0 Å². The molecule has 0 amide bonds. The van der Waals surface area contributed by atoms with Crippen molar-refractivity contribution < 1.29 is 0 Å². The van der Waals surface area contributed by atoms with Crippen LogP contribution >= 0.6 is 22.7 Å². The van der Waals surface area contributed by atoms with Gasteiger partial charge in [-0.1, -0.05) is 165 Å². The summed E-state index contributed by atoms with van der Waals surface area (Å²) in [6.07, 6.45) is 10.6. The van der Waals surface area contributed by atoms with Crippen LogP contribution in [0.1, 0.15) is 34.1 Å². The van der Waals surface area contributed by atoms with Crippen molar-refractivity contribution in [3.8, 4) is 32.7 Å². The van der Waals surface area contributed by atoms with Crippen molar-refractivity contribution in [1.82, 2.24) is 0 Å². The van der Waals surface area contributed by atoms with Crippen molar-refractivity contribution in [2.75, 3.05) is 0 Å². The molecule has 0 unspecified atom stereocenters. The van der Waals surface area contributed by atoms with E-state index in [2.05, 4.69) is 177 Å². The molecule has 0 N–H and O–H groups in total. The summed E-state index contributed by atoms with van der Waals surface area (Å²) < 4.78 is 1.25. The molecule has 0 atom stereocenters. The van der Waals surface area contributed by atoms with Crippen LogP contribution in [0, 0.1) is 6.92 Å². The molecule has 9 aromatic rings. The van der Waals surface area contributed by atoms with Gasteiger partial charge in [0.15, 0.2) is 0 Å². The molecule has 0 nitrogen and oxygen atoms in total. The lowest BCUT2D eigenvalue weighted by Gasteiger charge is -2.21. The zero-order valence-electron chi connectivity index (χ0n) is 30.4. The lowest BCUT2D eigenvalue weighted by atomic mass is 9.83. The summed E-state index contributed by atoms with van der Waals surface area (Å²) in [7, 11) is 0. The van der Waals surface area contributed by atoms with Gasteiger partial charge in [0.05, 0.1) is 0 Å². The zero-order valence-corrected chi connectivity index (χ0v) is 32.0. The molecule has 2 heteroatoms. The molecule has 2 aromatic heterocycles. The fourth-order valence-corrected chi connectivity index (χ4v) is 10.4. The standard InChI is InChI=1S/C52H38S2/c1-5-7-22-36-33(3)47(37-23-11-12-24-38(37)48(36)35-20-9-8-10-21-35)34(4)52-44(19-6-2)51-43(29-17-30-46(51)54-52)49-39-25-13-15-27-41(39)50(45-31-18-32-53-45)42-28-16-14-26-40(42)49/h5-32H,1,4H2,2-3H3/b19-6-,22-7-. The van der Waals surface area contributed by atoms with E-state index in [-0.39, 0.29) is 0 Å². The SMILES string of the molecule is C=C/C=C\c1c(C)c(C(=C)c2sc3cccc(-c4c5ccccc5c(-c5cccs5)c5ccccc45)c3c2/C=C\C)c2ccccc2c1-c1ccccc1. The fourth-order valence-electron chi connectivity index (χ4n) is 8.41. The second-order valence-corrected chi connectivity index (χ2v) is 15.6. The predicted molar refractivity (Wildman–Crippen MR) is 242 cm³/mol. The van der Waals surface area contributed by atoms with Crippen LogP contribution in [0.3, 0.4) is 0 Å². The van der Waals surface area contributed by atoms with Crippen molar-refractivity contribution in [2.45, 2.75) is 13.8 Å². The number of thiophene rings is 2. The van der Waals surface area contributed by atoms with Gasteiger partial charge in [0.1, 0.15) is 0 Å². The Hall–Kier alpha value is -6.06. The summed E-state index contributed by atoms with van der Waals surface area (Å²) in [6.45, 7) is 13.3. The Bertz CT molecular complexity index is 2910. The van der Waals surface area contributed by atoms with Crippen molar-refractivity contribution in [1.29, 1.82) is 0 Å². The number of hydrogen-bond acceptors (Lipinski definition) is 2. The van der Waals surface area contributed by atoms with Crippen LogP contribution in [0.2, 0.25) is 0 Å². The average molecular weight is 727 g/mol. The van der Waals surface area contributed by atoms with Crippen LogP contribution in [-0.4, -0.2) is 0 Å². The highest BCUT2D eigenvalue weighted by Crippen LogP contribution is 2.50. The number of rotatable bonds is 8. The average Bonchev–Trinajstić information content (AvgIpc) is 3.88. The fraction of sp³-hybridized carbons (Fsp3) is 0.0385. The molecule has 0 saturated heterocycles. The molecule has 0 aliphatic carbocycles. The molecule has 0 saturated carbocycles. The molecule has 0 bridgehead atoms. The second kappa shape index (κ2) is 14.1. The van der Waals surface area contributed by atoms with E-state index in [4.69, 9.17) is 6.58 Å². The first-order valence-corrected chi connectivity index (χ1v) is 20.1. The maximum absolute atomic E-state index is 4.94. The highest BCUT2D eigenvalue weighted by molar-refractivity contribution is 7.20. The third-order valence-electron chi connectivity index (χ3n) is 10.6. The van der Waals surface area contributed by atoms with Crippen molar-refractivity contribution in [2.24, 2.45) is 0 Å². The van der Waals surface area contributed by atoms with E-state index < -0.39 is 0 Å². The van der Waals surface area contributed by atoms with Gasteiger partial charge in [0.25, 0.3) is 0 Å². The number of hydrogen-bond donors (Lipinski definition) is 0. The van der Waals surface area contributed by atoms with Gasteiger partial charge in [-0.25, -0.2) is 0 Å². The van der Waals surface area contributed by atoms with Crippen LogP contribution in [0.5, 0.6) is 0 Å². The largest absolute Gasteiger partial charge is 0.144 e. The molecule has 0 fully saturated rings. The lowest BCUT2D eigenvalue weighted by Crippen LogP contribution is -1.99. The Kier molecular flexibility index (Phi) is 8.79. The Morgan fingerprint density at radius 3 is 1.81 bits per heavy atom. The minimum Gasteiger partial charge on any atom is -0.144 e. The van der Waals surface area contributed by atoms with E-state index in [1.165, 1.54) is 102 Å². The third kappa shape index (κ3) is 5.41. The van der Waals surface area contributed by atoms with E-state index >= 15 is 0 Å². The maximum atomic E-state index is 4.94. The summed E-state index contributed by atoms with van der Waals surface area (Å²) >= 11 is 3.65. The van der Waals surface area contributed by atoms with Crippen molar-refractivity contribution in [3.05, 3.63) is 197 Å². The summed E-state index contributed by atoms with van der Waals surface area (Å²) in [5, 5.41) is 11.0. The molecule has 0 spiro atoms. The van der Waals surface area contributed by atoms with Gasteiger partial charge < -0.3 is 0 Å². The summed E-state index contributed by atoms with van der Waals surface area (Å²) in [6, 6.07) is 48.7. The number of allylic oxidation sites excluding steroid dienone is 3. The maximum Gasteiger partial charge on any atom is 0.0428 e. The first-order valence-electron chi connectivity index (χ1n) is 18.4. The molecule has 9 rings (SSSR count). The van der Waals surface area contributed by atoms with Gasteiger partial charge >= 0.3 is 0 Å². The number of benzene rings is 7. The molecule has 258 valence electrons. The Morgan fingerprint density at radius 2 is 1.20 bits per heavy atom. The molecular weight excluding hydrogens is 689 g/mol. The zero-order chi connectivity index (χ0) is 36.8. The second-order valence-electron chi connectivity index (χ2n) is 13.6. The molecule has 0 aliphatic rings. The van der Waals surface area contributed by atoms with Gasteiger partial charge in [-0.15, -0.1) is 22.7 Å². The smallest absolute Gasteiger partial charge is 0.0428 e. The van der Waals surface area contributed by atoms with Crippen LogP contribution in [-0.2, 0) is 0 Å². The van der Waals surface area contributed by atoms with Gasteiger partial charge in [0, 0.05) is 31.0 Å². The van der Waals surface area contributed by atoms with Crippen molar-refractivity contribution in [3.63, 3.8) is 0 Å². The summed E-state index contributed by atoms with van der Waals surface area (Å²) in [5.41, 5.74) is 12.1. The summed E-state index contributed by atoms with van der Waals surface area (Å²) in [5.74, 6) is 0. The van der Waals surface area contributed by atoms with Crippen molar-refractivity contribution >= 4 is 82.8 Å². The van der Waals surface area contributed by atoms with E-state index in [1.807, 2.05) is 23.5 Å². The molecular formula is C52H38S2. The van der Waals surface area contributed by atoms with E-state index in [1.54, 1.807) is 11.3 Å².